The number of rotatable bonds is 11. The zero-order valence-electron chi connectivity index (χ0n) is 15.6. The van der Waals surface area contributed by atoms with Crippen molar-refractivity contribution in [3.05, 3.63) is 0 Å². The van der Waals surface area contributed by atoms with Crippen LogP contribution in [-0.2, 0) is 19.2 Å². The van der Waals surface area contributed by atoms with Crippen molar-refractivity contribution in [1.29, 1.82) is 0 Å². The number of aliphatic hydroxyl groups is 1. The Morgan fingerprint density at radius 2 is 1.54 bits per heavy atom. The maximum absolute atomic E-state index is 12.5. The van der Waals surface area contributed by atoms with Gasteiger partial charge in [0.1, 0.15) is 24.7 Å². The van der Waals surface area contributed by atoms with Gasteiger partial charge in [0.25, 0.3) is 0 Å². The van der Waals surface area contributed by atoms with Crippen LogP contribution in [0.3, 0.4) is 0 Å². The van der Waals surface area contributed by atoms with E-state index in [1.807, 2.05) is 13.8 Å². The number of carbonyl (C=O) groups is 4. The van der Waals surface area contributed by atoms with Crippen LogP contribution in [0.1, 0.15) is 34.1 Å². The normalized spacial score (nSPS) is 14.5. The molecule has 3 unspecified atom stereocenters. The Bertz CT molecular complexity index is 509. The molecule has 0 rings (SSSR count). The number of nitrogens with one attached hydrogen (secondary N) is 3. The van der Waals surface area contributed by atoms with Gasteiger partial charge in [-0.15, -0.1) is 0 Å². The van der Waals surface area contributed by atoms with Crippen LogP contribution in [0.25, 0.3) is 0 Å². The molecule has 10 heteroatoms. The molecule has 0 saturated carbocycles. The Labute approximate surface area is 152 Å². The number of nitrogens with two attached hydrogens (primary N) is 1. The third kappa shape index (κ3) is 8.77. The largest absolute Gasteiger partial charge is 0.480 e. The summed E-state index contributed by atoms with van der Waals surface area (Å²) in [5.41, 5.74) is 5.43. The summed E-state index contributed by atoms with van der Waals surface area (Å²) in [6.45, 7) is 6.00. The minimum Gasteiger partial charge on any atom is -0.480 e. The lowest BCUT2D eigenvalue weighted by molar-refractivity contribution is -0.138. The molecule has 0 aliphatic carbocycles. The lowest BCUT2D eigenvalue weighted by atomic mass is 9.99. The molecule has 0 spiro atoms. The lowest BCUT2D eigenvalue weighted by Crippen LogP contribution is -2.58. The highest BCUT2D eigenvalue weighted by molar-refractivity contribution is 5.93. The third-order valence-corrected chi connectivity index (χ3v) is 3.53. The molecule has 0 fully saturated rings. The highest BCUT2D eigenvalue weighted by Gasteiger charge is 2.30. The standard InChI is InChI=1S/C16H30N4O6/c1-8(2)5-11(15(25)18-6-12(22)23)19-16(26)13(9(3)4)20-14(24)10(17)7-21/h8-11,13,21H,5-7,17H2,1-4H3,(H,18,25)(H,19,26)(H,20,24)(H,22,23). The number of hydrogen-bond acceptors (Lipinski definition) is 6. The molecule has 0 bridgehead atoms. The highest BCUT2D eigenvalue weighted by Crippen LogP contribution is 2.08. The smallest absolute Gasteiger partial charge is 0.322 e. The first-order valence-electron chi connectivity index (χ1n) is 8.46. The zero-order chi connectivity index (χ0) is 20.4. The second-order valence-corrected chi connectivity index (χ2v) is 6.82. The van der Waals surface area contributed by atoms with E-state index in [0.717, 1.165) is 0 Å². The molecule has 0 aliphatic rings. The molecule has 150 valence electrons. The van der Waals surface area contributed by atoms with E-state index < -0.39 is 55.0 Å². The maximum atomic E-state index is 12.5. The fourth-order valence-electron chi connectivity index (χ4n) is 2.13. The Morgan fingerprint density at radius 3 is 1.96 bits per heavy atom. The van der Waals surface area contributed by atoms with Crippen molar-refractivity contribution in [3.8, 4) is 0 Å². The Balaban J connectivity index is 5.12. The zero-order valence-corrected chi connectivity index (χ0v) is 15.6. The quantitative estimate of drug-likeness (QED) is 0.247. The van der Waals surface area contributed by atoms with Crippen LogP contribution >= 0.6 is 0 Å². The van der Waals surface area contributed by atoms with E-state index in [-0.39, 0.29) is 11.8 Å². The van der Waals surface area contributed by atoms with Crippen LogP contribution in [0.4, 0.5) is 0 Å². The van der Waals surface area contributed by atoms with Crippen molar-refractivity contribution in [2.45, 2.75) is 52.2 Å². The van der Waals surface area contributed by atoms with Crippen LogP contribution in [0.15, 0.2) is 0 Å². The van der Waals surface area contributed by atoms with E-state index in [4.69, 9.17) is 15.9 Å². The van der Waals surface area contributed by atoms with E-state index in [0.29, 0.717) is 6.42 Å². The van der Waals surface area contributed by atoms with Gasteiger partial charge in [-0.05, 0) is 18.3 Å². The van der Waals surface area contributed by atoms with Crippen molar-refractivity contribution in [3.63, 3.8) is 0 Å². The number of aliphatic carboxylic acids is 1. The van der Waals surface area contributed by atoms with E-state index in [1.165, 1.54) is 0 Å². The summed E-state index contributed by atoms with van der Waals surface area (Å²) in [6, 6.07) is -3.05. The first kappa shape index (κ1) is 23.8. The summed E-state index contributed by atoms with van der Waals surface area (Å²) in [6.07, 6.45) is 0.298. The van der Waals surface area contributed by atoms with Gasteiger partial charge in [0.2, 0.25) is 17.7 Å². The summed E-state index contributed by atoms with van der Waals surface area (Å²) >= 11 is 0. The fraction of sp³-hybridized carbons (Fsp3) is 0.750. The monoisotopic (exact) mass is 374 g/mol. The summed E-state index contributed by atoms with van der Waals surface area (Å²) in [5.74, 6) is -3.32. The summed E-state index contributed by atoms with van der Waals surface area (Å²) in [4.78, 5) is 47.1. The molecule has 3 atom stereocenters. The van der Waals surface area contributed by atoms with Crippen LogP contribution in [-0.4, -0.2) is 65.2 Å². The van der Waals surface area contributed by atoms with Gasteiger partial charge in [-0.25, -0.2) is 0 Å². The molecule has 10 nitrogen and oxygen atoms in total. The second-order valence-electron chi connectivity index (χ2n) is 6.82. The minimum atomic E-state index is -1.20. The molecule has 0 saturated heterocycles. The first-order chi connectivity index (χ1) is 12.0. The van der Waals surface area contributed by atoms with Gasteiger partial charge in [0.05, 0.1) is 6.61 Å². The van der Waals surface area contributed by atoms with Crippen LogP contribution in [0.5, 0.6) is 0 Å². The minimum absolute atomic E-state index is 0.0609. The summed E-state index contributed by atoms with van der Waals surface area (Å²) in [7, 11) is 0. The first-order valence-corrected chi connectivity index (χ1v) is 8.46. The number of carboxylic acids is 1. The SMILES string of the molecule is CC(C)CC(NC(=O)C(NC(=O)C(N)CO)C(C)C)C(=O)NCC(=O)O. The third-order valence-electron chi connectivity index (χ3n) is 3.53. The number of amides is 3. The molecule has 0 aliphatic heterocycles. The van der Waals surface area contributed by atoms with Gasteiger partial charge >= 0.3 is 5.97 Å². The van der Waals surface area contributed by atoms with Gasteiger partial charge in [-0.2, -0.15) is 0 Å². The molecule has 0 aromatic heterocycles. The number of carbonyl (C=O) groups excluding carboxylic acids is 3. The van der Waals surface area contributed by atoms with E-state index in [1.54, 1.807) is 13.8 Å². The predicted octanol–water partition coefficient (Wildman–Crippen LogP) is -1.82. The molecule has 3 amide bonds. The van der Waals surface area contributed by atoms with Crippen LogP contribution in [0, 0.1) is 11.8 Å². The average Bonchev–Trinajstić information content (AvgIpc) is 2.54. The van der Waals surface area contributed by atoms with E-state index in [2.05, 4.69) is 16.0 Å². The van der Waals surface area contributed by atoms with E-state index >= 15 is 0 Å². The summed E-state index contributed by atoms with van der Waals surface area (Å²) < 4.78 is 0. The highest BCUT2D eigenvalue weighted by atomic mass is 16.4. The van der Waals surface area contributed by atoms with Gasteiger partial charge in [0, 0.05) is 0 Å². The van der Waals surface area contributed by atoms with Crippen molar-refractivity contribution in [2.75, 3.05) is 13.2 Å². The molecule has 7 N–H and O–H groups in total. The maximum Gasteiger partial charge on any atom is 0.322 e. The van der Waals surface area contributed by atoms with Gasteiger partial charge < -0.3 is 31.9 Å². The van der Waals surface area contributed by atoms with Gasteiger partial charge in [-0.3, -0.25) is 19.2 Å². The molecule has 0 aromatic rings. The average molecular weight is 374 g/mol. The number of hydrogen-bond donors (Lipinski definition) is 6. The molecular weight excluding hydrogens is 344 g/mol. The van der Waals surface area contributed by atoms with Crippen molar-refractivity contribution in [2.24, 2.45) is 17.6 Å². The molecule has 26 heavy (non-hydrogen) atoms. The lowest BCUT2D eigenvalue weighted by Gasteiger charge is -2.26. The summed E-state index contributed by atoms with van der Waals surface area (Å²) in [5, 5.41) is 24.8. The van der Waals surface area contributed by atoms with E-state index in [9.17, 15) is 19.2 Å². The second kappa shape index (κ2) is 11.4. The van der Waals surface area contributed by atoms with Crippen molar-refractivity contribution >= 4 is 23.7 Å². The Morgan fingerprint density at radius 1 is 0.962 bits per heavy atom. The van der Waals surface area contributed by atoms with Crippen molar-refractivity contribution in [1.82, 2.24) is 16.0 Å². The Kier molecular flexibility index (Phi) is 10.5. The molecule has 0 heterocycles. The number of aliphatic hydroxyl groups excluding tert-OH is 1. The molecule has 0 aromatic carbocycles. The molecule has 0 radical (unpaired) electrons. The number of carboxylic acid groups (broad SMARTS) is 1. The van der Waals surface area contributed by atoms with Gasteiger partial charge in [0.15, 0.2) is 0 Å². The van der Waals surface area contributed by atoms with Gasteiger partial charge in [-0.1, -0.05) is 27.7 Å². The fourth-order valence-corrected chi connectivity index (χ4v) is 2.13. The molecular formula is C16H30N4O6. The Hall–Kier alpha value is -2.20. The van der Waals surface area contributed by atoms with Crippen LogP contribution in [0.2, 0.25) is 0 Å². The van der Waals surface area contributed by atoms with Crippen LogP contribution < -0.4 is 21.7 Å². The predicted molar refractivity (Wildman–Crippen MR) is 93.9 cm³/mol. The topological polar surface area (TPSA) is 171 Å². The van der Waals surface area contributed by atoms with Crippen molar-refractivity contribution < 1.29 is 29.4 Å².